The van der Waals surface area contributed by atoms with E-state index < -0.39 is 14.6 Å². The predicted octanol–water partition coefficient (Wildman–Crippen LogP) is 5.40. The zero-order chi connectivity index (χ0) is 27.8. The molecule has 212 valence electrons. The van der Waals surface area contributed by atoms with Crippen LogP contribution in [0.2, 0.25) is 0 Å². The summed E-state index contributed by atoms with van der Waals surface area (Å²) in [6.45, 7) is 3.80. The second-order valence-corrected chi connectivity index (χ2v) is 13.6. The summed E-state index contributed by atoms with van der Waals surface area (Å²) in [6, 6.07) is 5.92. The number of nitrogens with one attached hydrogen (secondary N) is 1. The summed E-state index contributed by atoms with van der Waals surface area (Å²) in [5.74, 6) is 2.16. The van der Waals surface area contributed by atoms with Gasteiger partial charge in [0.25, 0.3) is 0 Å². The number of thiazole rings is 1. The number of aryl methyl sites for hydroxylation is 2. The lowest BCUT2D eigenvalue weighted by atomic mass is 9.54. The molecule has 1 aromatic carbocycles. The van der Waals surface area contributed by atoms with Crippen LogP contribution >= 0.6 is 19.2 Å². The molecule has 1 heterocycles. The maximum Gasteiger partial charge on any atom is 0.472 e. The quantitative estimate of drug-likeness (QED) is 0.205. The van der Waals surface area contributed by atoms with Crippen molar-refractivity contribution in [3.63, 3.8) is 0 Å². The highest BCUT2D eigenvalue weighted by molar-refractivity contribution is 7.46. The van der Waals surface area contributed by atoms with Crippen molar-refractivity contribution in [2.24, 2.45) is 28.3 Å². The molecule has 0 bridgehead atoms. The molecule has 2 saturated carbocycles. The van der Waals surface area contributed by atoms with Crippen LogP contribution in [0.1, 0.15) is 67.4 Å². The highest BCUT2D eigenvalue weighted by Crippen LogP contribution is 2.62. The average Bonchev–Trinajstić information content (AvgIpc) is 3.41. The van der Waals surface area contributed by atoms with E-state index in [0.717, 1.165) is 49.1 Å². The van der Waals surface area contributed by atoms with Gasteiger partial charge in [0.2, 0.25) is 5.91 Å². The standard InChI is InChI=1S/C27H36N3O7PS/c1-16-14-28-26(39-16)29-24(31)9-5-18-13-23(30-35-3)27(2)11-10-21-20-8-6-19(36-15-37-38(32,33)34)12-17(20)4-7-22(21)25(18)27/h6,8,12,14,18,21-22,25H,4-5,7,9-11,13,15H2,1-3H3,(H,28,29,31)(H2,32,33,34)/b30-23+/t18?,21?,22?,25?,27-/m1/s1. The smallest absolute Gasteiger partial charge is 0.467 e. The summed E-state index contributed by atoms with van der Waals surface area (Å²) in [4.78, 5) is 41.2. The van der Waals surface area contributed by atoms with Crippen LogP contribution in [-0.2, 0) is 25.1 Å². The first-order chi connectivity index (χ1) is 18.6. The van der Waals surface area contributed by atoms with Gasteiger partial charge in [0.15, 0.2) is 11.9 Å². The molecule has 2 aromatic rings. The summed E-state index contributed by atoms with van der Waals surface area (Å²) in [5, 5.41) is 8.09. The zero-order valence-electron chi connectivity index (χ0n) is 22.5. The number of phosphoric ester groups is 1. The van der Waals surface area contributed by atoms with E-state index >= 15 is 0 Å². The van der Waals surface area contributed by atoms with Crippen LogP contribution in [0.3, 0.4) is 0 Å². The Morgan fingerprint density at radius 3 is 2.87 bits per heavy atom. The molecule has 10 nitrogen and oxygen atoms in total. The Bertz CT molecular complexity index is 1290. The van der Waals surface area contributed by atoms with Gasteiger partial charge in [-0.15, -0.1) is 11.3 Å². The number of amides is 1. The number of oxime groups is 1. The van der Waals surface area contributed by atoms with Gasteiger partial charge < -0.3 is 24.7 Å². The molecule has 0 aliphatic heterocycles. The van der Waals surface area contributed by atoms with E-state index in [0.29, 0.717) is 41.0 Å². The van der Waals surface area contributed by atoms with Gasteiger partial charge in [-0.3, -0.25) is 4.79 Å². The van der Waals surface area contributed by atoms with Crippen molar-refractivity contribution >= 4 is 35.9 Å². The molecule has 0 radical (unpaired) electrons. The second kappa shape index (κ2) is 11.3. The van der Waals surface area contributed by atoms with E-state index in [9.17, 15) is 9.36 Å². The molecule has 5 rings (SSSR count). The summed E-state index contributed by atoms with van der Waals surface area (Å²) in [5.41, 5.74) is 3.61. The Morgan fingerprint density at radius 1 is 1.33 bits per heavy atom. The Hall–Kier alpha value is -2.30. The first kappa shape index (κ1) is 28.2. The van der Waals surface area contributed by atoms with Gasteiger partial charge in [0.1, 0.15) is 12.9 Å². The van der Waals surface area contributed by atoms with E-state index in [4.69, 9.17) is 19.4 Å². The zero-order valence-corrected chi connectivity index (χ0v) is 24.2. The van der Waals surface area contributed by atoms with Crippen LogP contribution in [-0.4, -0.2) is 40.3 Å². The molecule has 4 unspecified atom stereocenters. The van der Waals surface area contributed by atoms with E-state index in [1.165, 1.54) is 22.5 Å². The van der Waals surface area contributed by atoms with E-state index in [1.54, 1.807) is 13.3 Å². The average molecular weight is 578 g/mol. The molecule has 12 heteroatoms. The lowest BCUT2D eigenvalue weighted by Gasteiger charge is -2.50. The molecule has 0 spiro atoms. The van der Waals surface area contributed by atoms with Crippen LogP contribution in [0.25, 0.3) is 0 Å². The highest BCUT2D eigenvalue weighted by atomic mass is 32.1. The maximum atomic E-state index is 12.8. The van der Waals surface area contributed by atoms with Crippen molar-refractivity contribution in [3.8, 4) is 5.75 Å². The topological polar surface area (TPSA) is 140 Å². The van der Waals surface area contributed by atoms with Crippen LogP contribution in [0, 0.1) is 30.1 Å². The number of fused-ring (bicyclic) bond motifs is 5. The third-order valence-electron chi connectivity index (χ3n) is 8.83. The van der Waals surface area contributed by atoms with Crippen molar-refractivity contribution in [3.05, 3.63) is 40.4 Å². The largest absolute Gasteiger partial charge is 0.472 e. The third kappa shape index (κ3) is 6.07. The van der Waals surface area contributed by atoms with E-state index in [1.807, 2.05) is 19.1 Å². The first-order valence-electron chi connectivity index (χ1n) is 13.4. The lowest BCUT2D eigenvalue weighted by Crippen LogP contribution is -2.44. The van der Waals surface area contributed by atoms with E-state index in [2.05, 4.69) is 33.0 Å². The molecule has 3 aliphatic rings. The molecule has 2 fully saturated rings. The van der Waals surface area contributed by atoms with Gasteiger partial charge in [-0.1, -0.05) is 18.1 Å². The number of nitrogens with zero attached hydrogens (tertiary/aromatic N) is 2. The SMILES string of the molecule is CO/N=C1\CC(CCC(=O)Nc2ncc(C)s2)C2C3CCc4cc(OCOP(=O)(O)O)ccc4C3CC[C@]12C. The highest BCUT2D eigenvalue weighted by Gasteiger charge is 2.57. The minimum absolute atomic E-state index is 0.000193. The van der Waals surface area contributed by atoms with Crippen LogP contribution in [0.15, 0.2) is 29.6 Å². The second-order valence-electron chi connectivity index (χ2n) is 11.1. The van der Waals surface area contributed by atoms with Crippen molar-refractivity contribution in [1.82, 2.24) is 4.98 Å². The molecule has 39 heavy (non-hydrogen) atoms. The summed E-state index contributed by atoms with van der Waals surface area (Å²) in [6.07, 6.45) is 7.84. The first-order valence-corrected chi connectivity index (χ1v) is 15.7. The fourth-order valence-corrected chi connectivity index (χ4v) is 8.19. The van der Waals surface area contributed by atoms with E-state index in [-0.39, 0.29) is 11.3 Å². The molecule has 1 amide bonds. The lowest BCUT2D eigenvalue weighted by molar-refractivity contribution is -0.116. The van der Waals surface area contributed by atoms with Gasteiger partial charge in [0.05, 0.1) is 5.71 Å². The molecule has 5 atom stereocenters. The van der Waals surface area contributed by atoms with Gasteiger partial charge in [-0.25, -0.2) is 14.1 Å². The van der Waals surface area contributed by atoms with Gasteiger partial charge in [-0.2, -0.15) is 0 Å². The number of benzene rings is 1. The Kier molecular flexibility index (Phi) is 8.18. The third-order valence-corrected chi connectivity index (χ3v) is 10.1. The number of hydrogen-bond acceptors (Lipinski definition) is 8. The molecule has 3 N–H and O–H groups in total. The molecule has 1 aromatic heterocycles. The Labute approximate surface area is 232 Å². The number of phosphoric acid groups is 1. The Morgan fingerprint density at radius 2 is 2.15 bits per heavy atom. The van der Waals surface area contributed by atoms with Crippen LogP contribution in [0.5, 0.6) is 5.75 Å². The van der Waals surface area contributed by atoms with Crippen molar-refractivity contribution in [2.45, 2.75) is 64.7 Å². The summed E-state index contributed by atoms with van der Waals surface area (Å²) < 4.78 is 20.8. The predicted molar refractivity (Wildman–Crippen MR) is 148 cm³/mol. The molecule has 0 saturated heterocycles. The van der Waals surface area contributed by atoms with Crippen molar-refractivity contribution in [2.75, 3.05) is 19.2 Å². The molecule has 3 aliphatic carbocycles. The normalized spacial score (nSPS) is 28.9. The number of carbonyl (C=O) groups excluding carboxylic acids is 1. The number of ether oxygens (including phenoxy) is 1. The van der Waals surface area contributed by atoms with Crippen LogP contribution < -0.4 is 10.1 Å². The number of aromatic nitrogens is 1. The minimum Gasteiger partial charge on any atom is -0.467 e. The van der Waals surface area contributed by atoms with Crippen molar-refractivity contribution < 1.29 is 33.2 Å². The fourth-order valence-electron chi connectivity index (χ4n) is 7.32. The van der Waals surface area contributed by atoms with Gasteiger partial charge in [-0.05, 0) is 92.4 Å². The van der Waals surface area contributed by atoms with Crippen molar-refractivity contribution in [1.29, 1.82) is 0 Å². The maximum absolute atomic E-state index is 12.8. The van der Waals surface area contributed by atoms with Gasteiger partial charge >= 0.3 is 7.82 Å². The number of rotatable bonds is 9. The number of hydrogen-bond donors (Lipinski definition) is 3. The molecular weight excluding hydrogens is 541 g/mol. The summed E-state index contributed by atoms with van der Waals surface area (Å²) in [7, 11) is -2.97. The summed E-state index contributed by atoms with van der Waals surface area (Å²) >= 11 is 1.48. The minimum atomic E-state index is -4.58. The Balaban J connectivity index is 1.32. The van der Waals surface area contributed by atoms with Crippen LogP contribution in [0.4, 0.5) is 5.13 Å². The fraction of sp³-hybridized carbons (Fsp3) is 0.593. The van der Waals surface area contributed by atoms with Gasteiger partial charge in [0, 0.05) is 22.9 Å². The monoisotopic (exact) mass is 577 g/mol. The molecular formula is C27H36N3O7PS. The number of carbonyl (C=O) groups is 1. The number of anilines is 1.